The minimum absolute atomic E-state index is 0.156. The molecule has 1 aliphatic heterocycles. The van der Waals surface area contributed by atoms with Crippen LogP contribution < -0.4 is 15.5 Å². The van der Waals surface area contributed by atoms with Gasteiger partial charge in [0, 0.05) is 39.3 Å². The van der Waals surface area contributed by atoms with Crippen molar-refractivity contribution in [2.24, 2.45) is 0 Å². The first-order chi connectivity index (χ1) is 12.6. The summed E-state index contributed by atoms with van der Waals surface area (Å²) in [7, 11) is 0. The molecule has 138 valence electrons. The molecule has 0 unspecified atom stereocenters. The largest absolute Gasteiger partial charge is 0.367 e. The topological polar surface area (TPSA) is 47.6 Å². The van der Waals surface area contributed by atoms with Gasteiger partial charge in [-0.25, -0.2) is 13.6 Å². The van der Waals surface area contributed by atoms with E-state index >= 15 is 0 Å². The van der Waals surface area contributed by atoms with Crippen LogP contribution in [0.5, 0.6) is 0 Å². The maximum absolute atomic E-state index is 13.8. The van der Waals surface area contributed by atoms with Gasteiger partial charge in [0.25, 0.3) is 0 Å². The van der Waals surface area contributed by atoms with Crippen LogP contribution >= 0.6 is 0 Å². The molecule has 26 heavy (non-hydrogen) atoms. The summed E-state index contributed by atoms with van der Waals surface area (Å²) >= 11 is 0. The number of nitrogens with one attached hydrogen (secondary N) is 2. The molecule has 3 rings (SSSR count). The van der Waals surface area contributed by atoms with Gasteiger partial charge in [-0.2, -0.15) is 0 Å². The molecule has 2 N–H and O–H groups in total. The monoisotopic (exact) mass is 360 g/mol. The van der Waals surface area contributed by atoms with E-state index in [-0.39, 0.29) is 11.5 Å². The smallest absolute Gasteiger partial charge is 0.319 e. The van der Waals surface area contributed by atoms with E-state index in [0.717, 1.165) is 26.2 Å². The average Bonchev–Trinajstić information content (AvgIpc) is 2.65. The van der Waals surface area contributed by atoms with Crippen LogP contribution in [0.1, 0.15) is 0 Å². The average molecular weight is 360 g/mol. The van der Waals surface area contributed by atoms with Crippen molar-refractivity contribution in [3.63, 3.8) is 0 Å². The summed E-state index contributed by atoms with van der Waals surface area (Å²) in [6.45, 7) is 4.22. The van der Waals surface area contributed by atoms with Gasteiger partial charge in [-0.05, 0) is 24.3 Å². The second-order valence-corrected chi connectivity index (χ2v) is 6.14. The first-order valence-corrected chi connectivity index (χ1v) is 8.65. The van der Waals surface area contributed by atoms with Crippen molar-refractivity contribution in [1.29, 1.82) is 0 Å². The van der Waals surface area contributed by atoms with Crippen LogP contribution in [0.15, 0.2) is 48.5 Å². The fourth-order valence-electron chi connectivity index (χ4n) is 2.98. The summed E-state index contributed by atoms with van der Waals surface area (Å²) in [5.41, 5.74) is 0.790. The van der Waals surface area contributed by atoms with Crippen molar-refractivity contribution in [3.8, 4) is 0 Å². The van der Waals surface area contributed by atoms with Crippen LogP contribution in [-0.2, 0) is 0 Å². The third-order valence-electron chi connectivity index (χ3n) is 4.40. The Hall–Kier alpha value is -2.67. The molecule has 5 nitrogen and oxygen atoms in total. The Labute approximate surface area is 151 Å². The Morgan fingerprint density at radius 2 is 1.58 bits per heavy atom. The molecular formula is C19H22F2N4O. The van der Waals surface area contributed by atoms with E-state index in [4.69, 9.17) is 0 Å². The van der Waals surface area contributed by atoms with Gasteiger partial charge in [-0.1, -0.05) is 24.3 Å². The number of hydrogen-bond acceptors (Lipinski definition) is 3. The number of carbonyl (C=O) groups excluding carboxylic acids is 1. The predicted octanol–water partition coefficient (Wildman–Crippen LogP) is 2.91. The van der Waals surface area contributed by atoms with Gasteiger partial charge in [0.1, 0.15) is 11.6 Å². The number of halogens is 2. The maximum Gasteiger partial charge on any atom is 0.319 e. The lowest BCUT2D eigenvalue weighted by atomic mass is 10.2. The van der Waals surface area contributed by atoms with Crippen molar-refractivity contribution >= 4 is 17.4 Å². The number of rotatable bonds is 5. The fourth-order valence-corrected chi connectivity index (χ4v) is 2.98. The lowest BCUT2D eigenvalue weighted by molar-refractivity contribution is 0.240. The molecule has 7 heteroatoms. The molecule has 0 atom stereocenters. The van der Waals surface area contributed by atoms with E-state index in [1.165, 1.54) is 18.2 Å². The molecule has 0 bridgehead atoms. The number of para-hydroxylation sites is 2. The molecule has 1 heterocycles. The van der Waals surface area contributed by atoms with Crippen molar-refractivity contribution in [1.82, 2.24) is 10.2 Å². The van der Waals surface area contributed by atoms with Gasteiger partial charge in [0.15, 0.2) is 0 Å². The minimum Gasteiger partial charge on any atom is -0.367 e. The van der Waals surface area contributed by atoms with E-state index in [2.05, 4.69) is 15.5 Å². The summed E-state index contributed by atoms with van der Waals surface area (Å²) in [5, 5.41) is 5.21. The number of amides is 2. The van der Waals surface area contributed by atoms with Gasteiger partial charge in [0.2, 0.25) is 0 Å². The summed E-state index contributed by atoms with van der Waals surface area (Å²) in [4.78, 5) is 16.1. The van der Waals surface area contributed by atoms with E-state index in [0.29, 0.717) is 18.8 Å². The van der Waals surface area contributed by atoms with Gasteiger partial charge in [-0.15, -0.1) is 0 Å². The number of piperazine rings is 1. The number of nitrogens with zero attached hydrogens (tertiary/aromatic N) is 2. The summed E-state index contributed by atoms with van der Waals surface area (Å²) in [6, 6.07) is 12.4. The summed E-state index contributed by atoms with van der Waals surface area (Å²) < 4.78 is 27.3. The first-order valence-electron chi connectivity index (χ1n) is 8.65. The zero-order valence-electron chi connectivity index (χ0n) is 14.4. The highest BCUT2D eigenvalue weighted by Gasteiger charge is 2.19. The van der Waals surface area contributed by atoms with Crippen LogP contribution in [0.25, 0.3) is 0 Å². The zero-order chi connectivity index (χ0) is 18.4. The highest BCUT2D eigenvalue weighted by atomic mass is 19.1. The van der Waals surface area contributed by atoms with Crippen molar-refractivity contribution in [3.05, 3.63) is 60.2 Å². The summed E-state index contributed by atoms with van der Waals surface area (Å²) in [5.74, 6) is -0.667. The molecule has 0 spiro atoms. The van der Waals surface area contributed by atoms with Gasteiger partial charge >= 0.3 is 6.03 Å². The Balaban J connectivity index is 1.38. The Bertz CT molecular complexity index is 748. The number of benzene rings is 2. The zero-order valence-corrected chi connectivity index (χ0v) is 14.4. The molecule has 0 aromatic heterocycles. The van der Waals surface area contributed by atoms with E-state index < -0.39 is 11.8 Å². The second kappa shape index (κ2) is 8.62. The summed E-state index contributed by atoms with van der Waals surface area (Å²) in [6.07, 6.45) is 0. The second-order valence-electron chi connectivity index (χ2n) is 6.14. The van der Waals surface area contributed by atoms with Gasteiger partial charge in [0.05, 0.1) is 11.4 Å². The number of anilines is 2. The van der Waals surface area contributed by atoms with Crippen LogP contribution in [0, 0.1) is 11.6 Å². The molecular weight excluding hydrogens is 338 g/mol. The van der Waals surface area contributed by atoms with Crippen molar-refractivity contribution < 1.29 is 13.6 Å². The molecule has 2 aromatic rings. The van der Waals surface area contributed by atoms with E-state index in [1.54, 1.807) is 24.3 Å². The highest BCUT2D eigenvalue weighted by molar-refractivity contribution is 5.89. The van der Waals surface area contributed by atoms with Crippen LogP contribution in [0.4, 0.5) is 25.0 Å². The van der Waals surface area contributed by atoms with Crippen LogP contribution in [0.2, 0.25) is 0 Å². The Morgan fingerprint density at radius 3 is 2.27 bits per heavy atom. The Kier molecular flexibility index (Phi) is 6.01. The van der Waals surface area contributed by atoms with Gasteiger partial charge in [-0.3, -0.25) is 4.90 Å². The molecule has 1 fully saturated rings. The number of urea groups is 1. The Morgan fingerprint density at radius 1 is 0.923 bits per heavy atom. The van der Waals surface area contributed by atoms with Crippen molar-refractivity contribution in [2.45, 2.75) is 0 Å². The molecule has 1 aliphatic rings. The van der Waals surface area contributed by atoms with E-state index in [9.17, 15) is 13.6 Å². The van der Waals surface area contributed by atoms with Crippen LogP contribution in [0.3, 0.4) is 0 Å². The standard InChI is InChI=1S/C19H22F2N4O/c20-15-5-1-3-7-17(15)23-19(26)22-9-10-24-11-13-25(14-12-24)18-8-4-2-6-16(18)21/h1-8H,9-14H2,(H2,22,23,26). The minimum atomic E-state index is -0.466. The molecule has 0 saturated carbocycles. The van der Waals surface area contributed by atoms with Crippen molar-refractivity contribution in [2.75, 3.05) is 49.5 Å². The quantitative estimate of drug-likeness (QED) is 0.862. The lowest BCUT2D eigenvalue weighted by Crippen LogP contribution is -2.49. The molecule has 2 aromatic carbocycles. The first kappa shape index (κ1) is 18.1. The number of hydrogen-bond donors (Lipinski definition) is 2. The third-order valence-corrected chi connectivity index (χ3v) is 4.40. The SMILES string of the molecule is O=C(NCCN1CCN(c2ccccc2F)CC1)Nc1ccccc1F. The predicted molar refractivity (Wildman–Crippen MR) is 98.5 cm³/mol. The number of carbonyl (C=O) groups is 1. The normalized spacial score (nSPS) is 14.9. The molecule has 2 amide bonds. The fraction of sp³-hybridized carbons (Fsp3) is 0.316. The van der Waals surface area contributed by atoms with Crippen LogP contribution in [-0.4, -0.2) is 50.2 Å². The molecule has 1 saturated heterocycles. The molecule has 0 radical (unpaired) electrons. The molecule has 0 aliphatic carbocycles. The van der Waals surface area contributed by atoms with Gasteiger partial charge < -0.3 is 15.5 Å². The highest BCUT2D eigenvalue weighted by Crippen LogP contribution is 2.20. The van der Waals surface area contributed by atoms with E-state index in [1.807, 2.05) is 11.0 Å². The lowest BCUT2D eigenvalue weighted by Gasteiger charge is -2.36. The third kappa shape index (κ3) is 4.70. The maximum atomic E-state index is 13.8.